The van der Waals surface area contributed by atoms with Crippen LogP contribution in [0.5, 0.6) is 0 Å². The molecule has 212 valence electrons. The second-order valence-corrected chi connectivity index (χ2v) is 14.0. The zero-order valence-corrected chi connectivity index (χ0v) is 23.9. The first-order valence-corrected chi connectivity index (χ1v) is 14.9. The number of hydrogen-bond acceptors (Lipinski definition) is 9. The normalized spacial score (nSPS) is 19.6. The summed E-state index contributed by atoms with van der Waals surface area (Å²) < 4.78 is 63.1. The number of carbonyl (C=O) groups excluding carboxylic acids is 1. The molecule has 1 unspecified atom stereocenters. The van der Waals surface area contributed by atoms with E-state index in [4.69, 9.17) is 4.74 Å². The first-order valence-electron chi connectivity index (χ1n) is 12.6. The van der Waals surface area contributed by atoms with Crippen LogP contribution in [0, 0.1) is 0 Å². The van der Waals surface area contributed by atoms with Crippen LogP contribution in [0.3, 0.4) is 0 Å². The minimum atomic E-state index is -3.91. The fourth-order valence-corrected chi connectivity index (χ4v) is 6.64. The molecule has 0 bridgehead atoms. The second kappa shape index (κ2) is 9.63. The zero-order valence-electron chi connectivity index (χ0n) is 22.3. The summed E-state index contributed by atoms with van der Waals surface area (Å²) in [5.41, 5.74) is 0.0433. The highest BCUT2D eigenvalue weighted by Gasteiger charge is 2.42. The number of ether oxygens (including phenoxy) is 1. The smallest absolute Gasteiger partial charge is 0.410 e. The van der Waals surface area contributed by atoms with Crippen molar-refractivity contribution < 1.29 is 26.7 Å². The fraction of sp³-hybridized carbons (Fsp3) is 0.583. The van der Waals surface area contributed by atoms with Crippen LogP contribution >= 0.6 is 11.3 Å². The van der Waals surface area contributed by atoms with Gasteiger partial charge in [0.15, 0.2) is 15.8 Å². The number of anilines is 1. The molecule has 2 fully saturated rings. The highest BCUT2D eigenvalue weighted by molar-refractivity contribution is 7.89. The third-order valence-corrected chi connectivity index (χ3v) is 9.23. The van der Waals surface area contributed by atoms with Crippen molar-refractivity contribution in [1.82, 2.24) is 29.2 Å². The molecule has 4 heterocycles. The molecular weight excluding hydrogens is 552 g/mol. The van der Waals surface area contributed by atoms with Gasteiger partial charge < -0.3 is 14.5 Å². The number of amides is 1. The number of rotatable bonds is 6. The molecule has 0 spiro atoms. The van der Waals surface area contributed by atoms with Crippen LogP contribution in [0.2, 0.25) is 0 Å². The molecule has 1 N–H and O–H groups in total. The van der Waals surface area contributed by atoms with Crippen LogP contribution < -0.4 is 9.62 Å². The second-order valence-electron chi connectivity index (χ2n) is 11.3. The van der Waals surface area contributed by atoms with Gasteiger partial charge in [-0.1, -0.05) is 11.3 Å². The predicted octanol–water partition coefficient (Wildman–Crippen LogP) is 4.07. The Morgan fingerprint density at radius 3 is 2.56 bits per heavy atom. The Morgan fingerprint density at radius 1 is 1.26 bits per heavy atom. The fourth-order valence-electron chi connectivity index (χ4n) is 4.47. The van der Waals surface area contributed by atoms with Gasteiger partial charge in [0.25, 0.3) is 6.43 Å². The Balaban J connectivity index is 1.54. The molecule has 39 heavy (non-hydrogen) atoms. The third kappa shape index (κ3) is 5.70. The summed E-state index contributed by atoms with van der Waals surface area (Å²) in [7, 11) is -3.91. The number of sulfonamides is 1. The molecule has 1 saturated heterocycles. The van der Waals surface area contributed by atoms with Gasteiger partial charge in [-0.2, -0.15) is 0 Å². The van der Waals surface area contributed by atoms with Crippen LogP contribution in [-0.2, 0) is 14.8 Å². The lowest BCUT2D eigenvalue weighted by Crippen LogP contribution is -2.55. The molecule has 1 amide bonds. The Kier molecular flexibility index (Phi) is 6.82. The maximum atomic E-state index is 13.4. The van der Waals surface area contributed by atoms with E-state index in [0.29, 0.717) is 42.2 Å². The number of nitrogens with one attached hydrogen (secondary N) is 1. The molecule has 11 nitrogen and oxygen atoms in total. The van der Waals surface area contributed by atoms with Gasteiger partial charge in [0.05, 0.1) is 17.4 Å². The van der Waals surface area contributed by atoms with E-state index in [2.05, 4.69) is 19.9 Å². The monoisotopic (exact) mass is 583 g/mol. The van der Waals surface area contributed by atoms with Crippen LogP contribution in [0.1, 0.15) is 58.9 Å². The van der Waals surface area contributed by atoms with Gasteiger partial charge >= 0.3 is 6.09 Å². The van der Waals surface area contributed by atoms with Crippen molar-refractivity contribution in [2.75, 3.05) is 24.5 Å². The first-order chi connectivity index (χ1) is 18.2. The number of halogens is 2. The summed E-state index contributed by atoms with van der Waals surface area (Å²) in [4.78, 5) is 20.8. The number of pyridine rings is 1. The van der Waals surface area contributed by atoms with Gasteiger partial charge in [0.1, 0.15) is 10.5 Å². The Bertz CT molecular complexity index is 1510. The minimum absolute atomic E-state index is 0.0122. The maximum absolute atomic E-state index is 13.4. The molecule has 3 aromatic rings. The molecule has 0 radical (unpaired) electrons. The van der Waals surface area contributed by atoms with Gasteiger partial charge in [-0.25, -0.2) is 31.7 Å². The molecule has 1 aliphatic heterocycles. The van der Waals surface area contributed by atoms with Crippen molar-refractivity contribution in [2.45, 2.75) is 76.0 Å². The van der Waals surface area contributed by atoms with E-state index < -0.39 is 38.7 Å². The standard InChI is InChI=1S/C24H31F2N7O4S2/c1-14-12-31(8-9-32(14)22(34)37-23(2,3)4)16-10-15(39(35,36)30-24(5)6-7-24)13-33-17(16)11-27-19(33)21-29-28-20(38-21)18(25)26/h10-11,13-14,18,30H,6-9,12H2,1-5H3. The summed E-state index contributed by atoms with van der Waals surface area (Å²) in [6, 6.07) is 1.37. The van der Waals surface area contributed by atoms with Gasteiger partial charge in [0, 0.05) is 37.4 Å². The summed E-state index contributed by atoms with van der Waals surface area (Å²) in [6.45, 7) is 10.4. The summed E-state index contributed by atoms with van der Waals surface area (Å²) in [5, 5.41) is 7.13. The number of piperazine rings is 1. The highest BCUT2D eigenvalue weighted by atomic mass is 32.2. The zero-order chi connectivity index (χ0) is 28.3. The Labute approximate surface area is 229 Å². The SMILES string of the molecule is CC1CN(c2cc(S(=O)(=O)NC3(C)CC3)cn3c(-c4nnc(C(F)F)s4)ncc23)CCN1C(=O)OC(C)(C)C. The molecule has 1 aliphatic carbocycles. The third-order valence-electron chi connectivity index (χ3n) is 6.70. The largest absolute Gasteiger partial charge is 0.444 e. The lowest BCUT2D eigenvalue weighted by molar-refractivity contribution is 0.0159. The molecule has 1 atom stereocenters. The molecule has 3 aromatic heterocycles. The summed E-state index contributed by atoms with van der Waals surface area (Å²) in [5.74, 6) is 0.214. The number of carbonyl (C=O) groups is 1. The van der Waals surface area contributed by atoms with Crippen molar-refractivity contribution in [2.24, 2.45) is 0 Å². The van der Waals surface area contributed by atoms with E-state index in [1.165, 1.54) is 6.20 Å². The summed E-state index contributed by atoms with van der Waals surface area (Å²) >= 11 is 0.704. The highest BCUT2D eigenvalue weighted by Crippen LogP contribution is 2.38. The van der Waals surface area contributed by atoms with Crippen molar-refractivity contribution in [3.8, 4) is 10.8 Å². The average Bonchev–Trinajstić information content (AvgIpc) is 3.22. The van der Waals surface area contributed by atoms with Crippen molar-refractivity contribution in [1.29, 1.82) is 0 Å². The maximum Gasteiger partial charge on any atom is 0.410 e. The van der Waals surface area contributed by atoms with Gasteiger partial charge in [0.2, 0.25) is 10.0 Å². The molecule has 2 aliphatic rings. The Morgan fingerprint density at radius 2 is 1.97 bits per heavy atom. The predicted molar refractivity (Wildman–Crippen MR) is 142 cm³/mol. The van der Waals surface area contributed by atoms with Gasteiger partial charge in [-0.3, -0.25) is 4.40 Å². The number of imidazole rings is 1. The van der Waals surface area contributed by atoms with Crippen LogP contribution in [0.25, 0.3) is 16.3 Å². The van der Waals surface area contributed by atoms with Crippen molar-refractivity contribution >= 4 is 38.7 Å². The first kappa shape index (κ1) is 27.6. The van der Waals surface area contributed by atoms with Gasteiger partial charge in [-0.05, 0) is 53.5 Å². The number of aromatic nitrogens is 4. The molecule has 1 saturated carbocycles. The molecule has 15 heteroatoms. The lowest BCUT2D eigenvalue weighted by Gasteiger charge is -2.41. The topological polar surface area (TPSA) is 122 Å². The number of hydrogen-bond donors (Lipinski definition) is 1. The quantitative estimate of drug-likeness (QED) is 0.461. The van der Waals surface area contributed by atoms with E-state index in [1.807, 2.05) is 39.5 Å². The van der Waals surface area contributed by atoms with E-state index in [0.717, 1.165) is 12.8 Å². The van der Waals surface area contributed by atoms with Crippen molar-refractivity contribution in [3.05, 3.63) is 23.5 Å². The van der Waals surface area contributed by atoms with E-state index in [1.54, 1.807) is 21.6 Å². The number of alkyl halides is 2. The lowest BCUT2D eigenvalue weighted by atomic mass is 10.1. The average molecular weight is 584 g/mol. The van der Waals surface area contributed by atoms with Crippen LogP contribution in [0.4, 0.5) is 19.3 Å². The number of fused-ring (bicyclic) bond motifs is 1. The van der Waals surface area contributed by atoms with Crippen molar-refractivity contribution in [3.63, 3.8) is 0 Å². The van der Waals surface area contributed by atoms with E-state index in [-0.39, 0.29) is 21.8 Å². The minimum Gasteiger partial charge on any atom is -0.444 e. The number of nitrogens with zero attached hydrogens (tertiary/aromatic N) is 6. The van der Waals surface area contributed by atoms with Crippen LogP contribution in [0.15, 0.2) is 23.4 Å². The van der Waals surface area contributed by atoms with E-state index in [9.17, 15) is 22.0 Å². The van der Waals surface area contributed by atoms with E-state index >= 15 is 0 Å². The van der Waals surface area contributed by atoms with Crippen LogP contribution in [-0.4, -0.2) is 75.8 Å². The molecule has 5 rings (SSSR count). The summed E-state index contributed by atoms with van der Waals surface area (Å²) in [6.07, 6.45) is 1.28. The molecular formula is C24H31F2N7O4S2. The van der Waals surface area contributed by atoms with Gasteiger partial charge in [-0.15, -0.1) is 10.2 Å². The molecule has 0 aromatic carbocycles. The Hall–Kier alpha value is -2.91.